The highest BCUT2D eigenvalue weighted by Gasteiger charge is 2.28. The first-order valence-electron chi connectivity index (χ1n) is 6.67. The van der Waals surface area contributed by atoms with Crippen LogP contribution in [0.25, 0.3) is 0 Å². The number of rotatable bonds is 2. The van der Waals surface area contributed by atoms with Crippen LogP contribution in [0.15, 0.2) is 18.2 Å². The lowest BCUT2D eigenvalue weighted by Crippen LogP contribution is -2.61. The molecule has 2 saturated heterocycles. The quantitative estimate of drug-likeness (QED) is 0.884. The molecule has 0 spiro atoms. The van der Waals surface area contributed by atoms with Crippen LogP contribution in [-0.2, 0) is 0 Å². The van der Waals surface area contributed by atoms with Crippen LogP contribution in [0, 0.1) is 11.3 Å². The Morgan fingerprint density at radius 2 is 1.95 bits per heavy atom. The van der Waals surface area contributed by atoms with Crippen molar-refractivity contribution in [1.29, 1.82) is 5.26 Å². The molecule has 1 N–H and O–H groups in total. The molecule has 0 saturated carbocycles. The lowest BCUT2D eigenvalue weighted by Gasteiger charge is -2.44. The zero-order valence-corrected chi connectivity index (χ0v) is 11.5. The summed E-state index contributed by atoms with van der Waals surface area (Å²) in [5.74, 6) is 0. The van der Waals surface area contributed by atoms with E-state index >= 15 is 0 Å². The third kappa shape index (κ3) is 2.55. The summed E-state index contributed by atoms with van der Waals surface area (Å²) < 4.78 is 0. The summed E-state index contributed by atoms with van der Waals surface area (Å²) in [5, 5.41) is 13.2. The zero-order valence-electron chi connectivity index (χ0n) is 10.8. The molecular weight excluding hydrogens is 260 g/mol. The zero-order chi connectivity index (χ0) is 13.2. The lowest BCUT2D eigenvalue weighted by molar-refractivity contribution is 0.138. The van der Waals surface area contributed by atoms with Gasteiger partial charge in [-0.1, -0.05) is 11.6 Å². The first-order valence-corrected chi connectivity index (χ1v) is 7.05. The minimum absolute atomic E-state index is 0.694. The van der Waals surface area contributed by atoms with Crippen LogP contribution >= 0.6 is 11.6 Å². The van der Waals surface area contributed by atoms with Gasteiger partial charge in [0.15, 0.2) is 0 Å². The molecule has 1 aromatic rings. The number of nitriles is 1. The number of nitrogens with one attached hydrogen (secondary N) is 1. The van der Waals surface area contributed by atoms with E-state index < -0.39 is 0 Å². The first kappa shape index (κ1) is 12.7. The van der Waals surface area contributed by atoms with Gasteiger partial charge in [-0.3, -0.25) is 4.90 Å². The van der Waals surface area contributed by atoms with Gasteiger partial charge < -0.3 is 10.2 Å². The predicted octanol–water partition coefficient (Wildman–Crippen LogP) is 1.31. The number of nitrogens with zero attached hydrogens (tertiary/aromatic N) is 3. The van der Waals surface area contributed by atoms with Gasteiger partial charge in [-0.2, -0.15) is 5.26 Å². The van der Waals surface area contributed by atoms with Crippen LogP contribution in [0.1, 0.15) is 5.56 Å². The molecule has 0 amide bonds. The number of anilines is 1. The SMILES string of the molecule is N#Cc1ccc(Cl)cc1N1CCN(C2CNC2)CC1. The summed E-state index contributed by atoms with van der Waals surface area (Å²) in [6.45, 7) is 6.27. The third-order valence-corrected chi connectivity index (χ3v) is 4.25. The van der Waals surface area contributed by atoms with Gasteiger partial charge in [0.2, 0.25) is 0 Å². The largest absolute Gasteiger partial charge is 0.368 e. The minimum Gasteiger partial charge on any atom is -0.368 e. The molecule has 100 valence electrons. The van der Waals surface area contributed by atoms with Crippen LogP contribution in [0.5, 0.6) is 0 Å². The van der Waals surface area contributed by atoms with Crippen molar-refractivity contribution in [3.05, 3.63) is 28.8 Å². The number of halogens is 1. The molecule has 5 heteroatoms. The Morgan fingerprint density at radius 1 is 1.21 bits per heavy atom. The van der Waals surface area contributed by atoms with Gasteiger partial charge in [-0.15, -0.1) is 0 Å². The van der Waals surface area contributed by atoms with Crippen LogP contribution in [0.4, 0.5) is 5.69 Å². The van der Waals surface area contributed by atoms with Crippen molar-refractivity contribution >= 4 is 17.3 Å². The fourth-order valence-electron chi connectivity index (χ4n) is 2.72. The third-order valence-electron chi connectivity index (χ3n) is 4.01. The van der Waals surface area contributed by atoms with E-state index in [1.54, 1.807) is 12.1 Å². The minimum atomic E-state index is 0.694. The van der Waals surface area contributed by atoms with E-state index in [1.807, 2.05) is 6.07 Å². The van der Waals surface area contributed by atoms with Crippen LogP contribution in [0.2, 0.25) is 5.02 Å². The van der Waals surface area contributed by atoms with E-state index in [0.717, 1.165) is 45.0 Å². The average molecular weight is 277 g/mol. The van der Waals surface area contributed by atoms with Crippen molar-refractivity contribution in [1.82, 2.24) is 10.2 Å². The van der Waals surface area contributed by atoms with E-state index in [-0.39, 0.29) is 0 Å². The Balaban J connectivity index is 1.71. The van der Waals surface area contributed by atoms with Crippen LogP contribution in [0.3, 0.4) is 0 Å². The van der Waals surface area contributed by atoms with Crippen LogP contribution in [-0.4, -0.2) is 50.2 Å². The summed E-state index contributed by atoms with van der Waals surface area (Å²) in [4.78, 5) is 4.80. The normalized spacial score (nSPS) is 20.9. The molecule has 0 aromatic heterocycles. The first-order chi connectivity index (χ1) is 9.28. The standard InChI is InChI=1S/C14H17ClN4/c15-12-2-1-11(8-16)14(7-12)19-5-3-18(4-6-19)13-9-17-10-13/h1-2,7,13,17H,3-6,9-10H2. The van der Waals surface area contributed by atoms with Crippen molar-refractivity contribution in [2.24, 2.45) is 0 Å². The highest BCUT2D eigenvalue weighted by Crippen LogP contribution is 2.26. The summed E-state index contributed by atoms with van der Waals surface area (Å²) in [7, 11) is 0. The summed E-state index contributed by atoms with van der Waals surface area (Å²) in [6, 6.07) is 8.44. The molecule has 19 heavy (non-hydrogen) atoms. The summed E-state index contributed by atoms with van der Waals surface area (Å²) in [5.41, 5.74) is 1.68. The van der Waals surface area contributed by atoms with E-state index in [0.29, 0.717) is 16.6 Å². The van der Waals surface area contributed by atoms with Crippen LogP contribution < -0.4 is 10.2 Å². The van der Waals surface area contributed by atoms with Gasteiger partial charge in [0, 0.05) is 50.3 Å². The Morgan fingerprint density at radius 3 is 2.53 bits per heavy atom. The second kappa shape index (κ2) is 5.38. The topological polar surface area (TPSA) is 42.3 Å². The van der Waals surface area contributed by atoms with Crippen molar-refractivity contribution in [3.63, 3.8) is 0 Å². The maximum absolute atomic E-state index is 9.19. The van der Waals surface area contributed by atoms with E-state index in [4.69, 9.17) is 11.6 Å². The molecule has 0 unspecified atom stereocenters. The van der Waals surface area contributed by atoms with Crippen molar-refractivity contribution < 1.29 is 0 Å². The monoisotopic (exact) mass is 276 g/mol. The van der Waals surface area contributed by atoms with Crippen molar-refractivity contribution in [3.8, 4) is 6.07 Å². The second-order valence-corrected chi connectivity index (χ2v) is 5.54. The summed E-state index contributed by atoms with van der Waals surface area (Å²) >= 11 is 6.05. The number of piperazine rings is 1. The van der Waals surface area contributed by atoms with Gasteiger partial charge in [-0.25, -0.2) is 0 Å². The second-order valence-electron chi connectivity index (χ2n) is 5.11. The van der Waals surface area contributed by atoms with Gasteiger partial charge in [0.25, 0.3) is 0 Å². The van der Waals surface area contributed by atoms with Gasteiger partial charge in [0.1, 0.15) is 6.07 Å². The Labute approximate surface area is 118 Å². The predicted molar refractivity (Wildman–Crippen MR) is 76.6 cm³/mol. The highest BCUT2D eigenvalue weighted by atomic mass is 35.5. The molecule has 0 aliphatic carbocycles. The maximum Gasteiger partial charge on any atom is 0.101 e. The smallest absolute Gasteiger partial charge is 0.101 e. The Hall–Kier alpha value is -1.28. The molecule has 2 heterocycles. The molecule has 2 aliphatic heterocycles. The molecule has 0 atom stereocenters. The number of hydrogen-bond acceptors (Lipinski definition) is 4. The van der Waals surface area contributed by atoms with E-state index in [1.165, 1.54) is 0 Å². The van der Waals surface area contributed by atoms with Gasteiger partial charge in [0.05, 0.1) is 11.3 Å². The average Bonchev–Trinajstić information content (AvgIpc) is 2.37. The molecule has 2 fully saturated rings. The molecule has 2 aliphatic rings. The molecule has 3 rings (SSSR count). The molecule has 0 bridgehead atoms. The van der Waals surface area contributed by atoms with Gasteiger partial charge in [-0.05, 0) is 18.2 Å². The fraction of sp³-hybridized carbons (Fsp3) is 0.500. The Bertz CT molecular complexity index is 499. The lowest BCUT2D eigenvalue weighted by atomic mass is 10.1. The number of hydrogen-bond donors (Lipinski definition) is 1. The number of benzene rings is 1. The molecule has 0 radical (unpaired) electrons. The fourth-order valence-corrected chi connectivity index (χ4v) is 2.89. The highest BCUT2D eigenvalue weighted by molar-refractivity contribution is 6.30. The maximum atomic E-state index is 9.19. The van der Waals surface area contributed by atoms with Crippen molar-refractivity contribution in [2.45, 2.75) is 6.04 Å². The summed E-state index contributed by atoms with van der Waals surface area (Å²) in [6.07, 6.45) is 0. The van der Waals surface area contributed by atoms with E-state index in [9.17, 15) is 5.26 Å². The van der Waals surface area contributed by atoms with Crippen molar-refractivity contribution in [2.75, 3.05) is 44.2 Å². The Kier molecular flexibility index (Phi) is 3.61. The van der Waals surface area contributed by atoms with Gasteiger partial charge >= 0.3 is 0 Å². The molecular formula is C14H17ClN4. The molecule has 1 aromatic carbocycles. The van der Waals surface area contributed by atoms with E-state index in [2.05, 4.69) is 21.2 Å². The molecule has 4 nitrogen and oxygen atoms in total.